The fourth-order valence-electron chi connectivity index (χ4n) is 5.12. The lowest BCUT2D eigenvalue weighted by Gasteiger charge is -2.33. The van der Waals surface area contributed by atoms with Crippen LogP contribution in [0.15, 0.2) is 42.7 Å². The van der Waals surface area contributed by atoms with Crippen LogP contribution in [0.25, 0.3) is 0 Å². The largest absolute Gasteiger partial charge is 0.322 e. The second-order valence-corrected chi connectivity index (χ2v) is 9.21. The summed E-state index contributed by atoms with van der Waals surface area (Å²) in [5, 5.41) is 6.04. The van der Waals surface area contributed by atoms with Gasteiger partial charge in [0, 0.05) is 56.6 Å². The van der Waals surface area contributed by atoms with Crippen molar-refractivity contribution >= 4 is 17.7 Å². The summed E-state index contributed by atoms with van der Waals surface area (Å²) in [5.74, 6) is -0.768. The number of nitrogens with zero attached hydrogens (tertiary/aromatic N) is 3. The van der Waals surface area contributed by atoms with Gasteiger partial charge in [0.1, 0.15) is 6.04 Å². The highest BCUT2D eigenvalue weighted by Crippen LogP contribution is 2.28. The van der Waals surface area contributed by atoms with E-state index < -0.39 is 6.04 Å². The number of pyridine rings is 1. The van der Waals surface area contributed by atoms with Gasteiger partial charge in [-0.2, -0.15) is 0 Å². The molecule has 4 heterocycles. The van der Waals surface area contributed by atoms with Crippen LogP contribution >= 0.6 is 0 Å². The first-order valence-electron chi connectivity index (χ1n) is 11.7. The molecule has 8 heteroatoms. The lowest BCUT2D eigenvalue weighted by molar-refractivity contribution is -0.136. The van der Waals surface area contributed by atoms with E-state index in [1.807, 2.05) is 24.4 Å². The maximum Gasteiger partial charge on any atom is 0.255 e. The summed E-state index contributed by atoms with van der Waals surface area (Å²) in [6.07, 6.45) is 6.70. The molecule has 3 aliphatic rings. The zero-order chi connectivity index (χ0) is 22.8. The first-order chi connectivity index (χ1) is 16.1. The van der Waals surface area contributed by atoms with Crippen molar-refractivity contribution in [3.8, 4) is 0 Å². The van der Waals surface area contributed by atoms with Crippen molar-refractivity contribution in [2.75, 3.05) is 13.1 Å². The summed E-state index contributed by atoms with van der Waals surface area (Å²) >= 11 is 0. The average molecular weight is 448 g/mol. The van der Waals surface area contributed by atoms with Crippen molar-refractivity contribution in [3.63, 3.8) is 0 Å². The zero-order valence-corrected chi connectivity index (χ0v) is 18.6. The number of hydrogen-bond donors (Lipinski definition) is 2. The van der Waals surface area contributed by atoms with Crippen LogP contribution < -0.4 is 10.6 Å². The van der Waals surface area contributed by atoms with E-state index in [4.69, 9.17) is 0 Å². The Kier molecular flexibility index (Phi) is 6.20. The van der Waals surface area contributed by atoms with Gasteiger partial charge in [0.05, 0.1) is 0 Å². The molecule has 2 saturated heterocycles. The van der Waals surface area contributed by atoms with Crippen molar-refractivity contribution in [1.29, 1.82) is 0 Å². The van der Waals surface area contributed by atoms with E-state index in [9.17, 15) is 14.4 Å². The summed E-state index contributed by atoms with van der Waals surface area (Å²) in [6.45, 7) is 4.18. The second-order valence-electron chi connectivity index (χ2n) is 9.21. The number of benzene rings is 1. The first-order valence-corrected chi connectivity index (χ1v) is 11.7. The van der Waals surface area contributed by atoms with Gasteiger partial charge >= 0.3 is 0 Å². The molecule has 2 aromatic rings. The summed E-state index contributed by atoms with van der Waals surface area (Å²) < 4.78 is 0. The standard InChI is InChI=1S/C25H29N5O3/c31-23-8-7-22(24(32)28-23)30-15-19-11-17(5-6-21(19)25(30)33)13-27-20-4-2-10-29(16-20)14-18-3-1-9-26-12-18/h1,3,5-6,9,11-12,20,22,27H,2,4,7-8,10,13-16H2,(H,28,31,32)/t20-,22?/m1/s1. The highest BCUT2D eigenvalue weighted by atomic mass is 16.2. The number of hydrogen-bond acceptors (Lipinski definition) is 6. The minimum atomic E-state index is -0.572. The van der Waals surface area contributed by atoms with Crippen LogP contribution in [-0.4, -0.2) is 57.7 Å². The lowest BCUT2D eigenvalue weighted by atomic mass is 10.0. The molecule has 5 rings (SSSR count). The van der Waals surface area contributed by atoms with Crippen LogP contribution in [0.4, 0.5) is 0 Å². The number of carbonyl (C=O) groups excluding carboxylic acids is 3. The Morgan fingerprint density at radius 2 is 2.03 bits per heavy atom. The summed E-state index contributed by atoms with van der Waals surface area (Å²) in [4.78, 5) is 44.8. The van der Waals surface area contributed by atoms with E-state index in [2.05, 4.69) is 32.7 Å². The molecule has 0 aliphatic carbocycles. The van der Waals surface area contributed by atoms with Gasteiger partial charge in [-0.25, -0.2) is 0 Å². The van der Waals surface area contributed by atoms with Crippen molar-refractivity contribution in [2.45, 2.75) is 57.4 Å². The molecule has 2 atom stereocenters. The number of likely N-dealkylation sites (tertiary alicyclic amines) is 1. The predicted molar refractivity (Wildman–Crippen MR) is 122 cm³/mol. The molecule has 2 fully saturated rings. The SMILES string of the molecule is O=C1CCC(N2Cc3cc(CN[C@@H]4CCCN(Cc5cccnc5)C4)ccc3C2=O)C(=O)N1. The second kappa shape index (κ2) is 9.41. The van der Waals surface area contributed by atoms with Crippen LogP contribution in [0.2, 0.25) is 0 Å². The summed E-state index contributed by atoms with van der Waals surface area (Å²) in [5.41, 5.74) is 3.98. The normalized spacial score (nSPS) is 23.5. The molecule has 0 saturated carbocycles. The van der Waals surface area contributed by atoms with E-state index >= 15 is 0 Å². The first kappa shape index (κ1) is 21.7. The topological polar surface area (TPSA) is 94.6 Å². The number of amides is 3. The van der Waals surface area contributed by atoms with Crippen LogP contribution in [0.5, 0.6) is 0 Å². The molecule has 3 amide bonds. The van der Waals surface area contributed by atoms with Crippen molar-refractivity contribution < 1.29 is 14.4 Å². The summed E-state index contributed by atoms with van der Waals surface area (Å²) in [6, 6.07) is 9.89. The quantitative estimate of drug-likeness (QED) is 0.654. The molecular formula is C25H29N5O3. The minimum absolute atomic E-state index is 0.127. The van der Waals surface area contributed by atoms with E-state index in [0.717, 1.165) is 50.1 Å². The van der Waals surface area contributed by atoms with E-state index in [-0.39, 0.29) is 24.1 Å². The molecule has 8 nitrogen and oxygen atoms in total. The Bertz CT molecular complexity index is 1060. The third kappa shape index (κ3) is 4.82. The van der Waals surface area contributed by atoms with Gasteiger partial charge in [0.15, 0.2) is 0 Å². The maximum atomic E-state index is 12.9. The molecule has 172 valence electrons. The van der Waals surface area contributed by atoms with Crippen LogP contribution in [-0.2, 0) is 29.2 Å². The number of aromatic nitrogens is 1. The molecule has 2 N–H and O–H groups in total. The number of rotatable bonds is 6. The van der Waals surface area contributed by atoms with E-state index in [1.165, 1.54) is 5.56 Å². The number of imide groups is 1. The Morgan fingerprint density at radius 1 is 1.12 bits per heavy atom. The zero-order valence-electron chi connectivity index (χ0n) is 18.6. The van der Waals surface area contributed by atoms with Gasteiger partial charge < -0.3 is 10.2 Å². The fourth-order valence-corrected chi connectivity index (χ4v) is 5.12. The van der Waals surface area contributed by atoms with Crippen LogP contribution in [0, 0.1) is 0 Å². The molecule has 33 heavy (non-hydrogen) atoms. The molecule has 3 aliphatic heterocycles. The highest BCUT2D eigenvalue weighted by molar-refractivity contribution is 6.05. The molecule has 0 radical (unpaired) electrons. The highest BCUT2D eigenvalue weighted by Gasteiger charge is 2.39. The number of piperidine rings is 2. The van der Waals surface area contributed by atoms with E-state index in [1.54, 1.807) is 11.1 Å². The third-order valence-corrected chi connectivity index (χ3v) is 6.82. The predicted octanol–water partition coefficient (Wildman–Crippen LogP) is 1.60. The van der Waals surface area contributed by atoms with Crippen LogP contribution in [0.1, 0.15) is 52.7 Å². The number of fused-ring (bicyclic) bond motifs is 1. The van der Waals surface area contributed by atoms with Gasteiger partial charge in [-0.1, -0.05) is 18.2 Å². The average Bonchev–Trinajstić information content (AvgIpc) is 3.14. The maximum absolute atomic E-state index is 12.9. The molecule has 0 bridgehead atoms. The molecular weight excluding hydrogens is 418 g/mol. The van der Waals surface area contributed by atoms with Gasteiger partial charge in [-0.15, -0.1) is 0 Å². The Labute approximate surface area is 193 Å². The van der Waals surface area contributed by atoms with Crippen LogP contribution in [0.3, 0.4) is 0 Å². The van der Waals surface area contributed by atoms with Gasteiger partial charge in [-0.05, 0) is 54.6 Å². The lowest BCUT2D eigenvalue weighted by Crippen LogP contribution is -2.52. The molecule has 1 aromatic heterocycles. The van der Waals surface area contributed by atoms with Crippen molar-refractivity contribution in [3.05, 3.63) is 65.0 Å². The molecule has 1 aromatic carbocycles. The Morgan fingerprint density at radius 3 is 2.85 bits per heavy atom. The monoisotopic (exact) mass is 447 g/mol. The Hall–Kier alpha value is -3.10. The fraction of sp³-hybridized carbons (Fsp3) is 0.440. The van der Waals surface area contributed by atoms with E-state index in [0.29, 0.717) is 24.6 Å². The minimum Gasteiger partial charge on any atom is -0.322 e. The summed E-state index contributed by atoms with van der Waals surface area (Å²) in [7, 11) is 0. The van der Waals surface area contributed by atoms with Gasteiger partial charge in [0.25, 0.3) is 5.91 Å². The molecule has 0 spiro atoms. The number of carbonyl (C=O) groups is 3. The Balaban J connectivity index is 1.18. The van der Waals surface area contributed by atoms with Crippen molar-refractivity contribution in [1.82, 2.24) is 25.4 Å². The van der Waals surface area contributed by atoms with Crippen molar-refractivity contribution in [2.24, 2.45) is 0 Å². The van der Waals surface area contributed by atoms with Gasteiger partial charge in [-0.3, -0.25) is 29.6 Å². The molecule has 1 unspecified atom stereocenters. The van der Waals surface area contributed by atoms with Gasteiger partial charge in [0.2, 0.25) is 11.8 Å². The smallest absolute Gasteiger partial charge is 0.255 e. The third-order valence-electron chi connectivity index (χ3n) is 6.82. The number of nitrogens with one attached hydrogen (secondary N) is 2.